The molecule has 7 heteroatoms. The molecule has 3 rings (SSSR count). The summed E-state index contributed by atoms with van der Waals surface area (Å²) in [5.74, 6) is 0.721. The Hall–Kier alpha value is -3.22. The molecular formula is C18H19N5O2. The Bertz CT molecular complexity index is 844. The minimum Gasteiger partial charge on any atom is -0.493 e. The molecule has 7 nitrogen and oxygen atoms in total. The first-order valence-corrected chi connectivity index (χ1v) is 7.95. The Morgan fingerprint density at radius 1 is 1.16 bits per heavy atom. The molecule has 0 radical (unpaired) electrons. The standard InChI is InChI=1S/C18H19N5O2/c1-13-3-4-14(2)17(11-13)25-10-9-18(24)20-15-5-7-16(8-6-15)23-12-19-21-22-23/h3-8,11-12H,9-10H2,1-2H3,(H,20,24). The minimum atomic E-state index is -0.0968. The van der Waals surface area contributed by atoms with Gasteiger partial charge in [-0.15, -0.1) is 5.10 Å². The summed E-state index contributed by atoms with van der Waals surface area (Å²) in [5, 5.41) is 13.8. The molecule has 1 aromatic heterocycles. The van der Waals surface area contributed by atoms with Gasteiger partial charge in [-0.05, 0) is 65.7 Å². The topological polar surface area (TPSA) is 81.9 Å². The van der Waals surface area contributed by atoms with E-state index in [9.17, 15) is 4.79 Å². The maximum absolute atomic E-state index is 12.0. The summed E-state index contributed by atoms with van der Waals surface area (Å²) >= 11 is 0. The zero-order chi connectivity index (χ0) is 17.6. The molecule has 0 unspecified atom stereocenters. The smallest absolute Gasteiger partial charge is 0.227 e. The van der Waals surface area contributed by atoms with Gasteiger partial charge in [0.05, 0.1) is 18.7 Å². The third kappa shape index (κ3) is 4.41. The first-order valence-electron chi connectivity index (χ1n) is 7.95. The third-order valence-electron chi connectivity index (χ3n) is 3.69. The molecule has 0 aliphatic carbocycles. The van der Waals surface area contributed by atoms with Crippen LogP contribution in [0.25, 0.3) is 5.69 Å². The van der Waals surface area contributed by atoms with Crippen molar-refractivity contribution in [2.75, 3.05) is 11.9 Å². The predicted molar refractivity (Wildman–Crippen MR) is 93.8 cm³/mol. The van der Waals surface area contributed by atoms with Crippen LogP contribution in [0, 0.1) is 13.8 Å². The molecule has 0 aliphatic rings. The van der Waals surface area contributed by atoms with Crippen LogP contribution in [0.15, 0.2) is 48.8 Å². The largest absolute Gasteiger partial charge is 0.493 e. The number of ether oxygens (including phenoxy) is 1. The number of carbonyl (C=O) groups is 1. The molecular weight excluding hydrogens is 318 g/mol. The van der Waals surface area contributed by atoms with E-state index in [-0.39, 0.29) is 12.3 Å². The second kappa shape index (κ2) is 7.57. The van der Waals surface area contributed by atoms with Gasteiger partial charge in [0.2, 0.25) is 5.91 Å². The van der Waals surface area contributed by atoms with Crippen LogP contribution in [0.3, 0.4) is 0 Å². The van der Waals surface area contributed by atoms with Crippen LogP contribution in [0.2, 0.25) is 0 Å². The van der Waals surface area contributed by atoms with Crippen LogP contribution in [0.1, 0.15) is 17.5 Å². The number of hydrogen-bond acceptors (Lipinski definition) is 5. The Labute approximate surface area is 145 Å². The van der Waals surface area contributed by atoms with Crippen molar-refractivity contribution in [3.8, 4) is 11.4 Å². The molecule has 1 amide bonds. The van der Waals surface area contributed by atoms with E-state index >= 15 is 0 Å². The molecule has 2 aromatic carbocycles. The highest BCUT2D eigenvalue weighted by Crippen LogP contribution is 2.19. The van der Waals surface area contributed by atoms with Crippen LogP contribution in [-0.2, 0) is 4.79 Å². The van der Waals surface area contributed by atoms with Gasteiger partial charge in [0, 0.05) is 5.69 Å². The summed E-state index contributed by atoms with van der Waals surface area (Å²) < 4.78 is 7.25. The molecule has 0 fully saturated rings. The minimum absolute atomic E-state index is 0.0968. The lowest BCUT2D eigenvalue weighted by molar-refractivity contribution is -0.116. The summed E-state index contributed by atoms with van der Waals surface area (Å²) in [6, 6.07) is 13.3. The first-order chi connectivity index (χ1) is 12.1. The van der Waals surface area contributed by atoms with Crippen molar-refractivity contribution in [3.63, 3.8) is 0 Å². The van der Waals surface area contributed by atoms with Gasteiger partial charge in [-0.2, -0.15) is 0 Å². The summed E-state index contributed by atoms with van der Waals surface area (Å²) in [5.41, 5.74) is 3.73. The molecule has 0 atom stereocenters. The van der Waals surface area contributed by atoms with Crippen molar-refractivity contribution >= 4 is 11.6 Å². The number of aromatic nitrogens is 4. The number of nitrogens with zero attached hydrogens (tertiary/aromatic N) is 4. The van der Waals surface area contributed by atoms with E-state index in [1.54, 1.807) is 16.8 Å². The van der Waals surface area contributed by atoms with E-state index in [4.69, 9.17) is 4.74 Å². The Morgan fingerprint density at radius 2 is 1.96 bits per heavy atom. The highest BCUT2D eigenvalue weighted by Gasteiger charge is 2.05. The normalized spacial score (nSPS) is 10.5. The number of aryl methyl sites for hydroxylation is 2. The quantitative estimate of drug-likeness (QED) is 0.748. The van der Waals surface area contributed by atoms with Gasteiger partial charge >= 0.3 is 0 Å². The second-order valence-electron chi connectivity index (χ2n) is 5.72. The van der Waals surface area contributed by atoms with Gasteiger partial charge in [0.25, 0.3) is 0 Å². The fraction of sp³-hybridized carbons (Fsp3) is 0.222. The summed E-state index contributed by atoms with van der Waals surface area (Å²) in [7, 11) is 0. The highest BCUT2D eigenvalue weighted by molar-refractivity contribution is 5.90. The Balaban J connectivity index is 1.50. The maximum atomic E-state index is 12.0. The van der Waals surface area contributed by atoms with Crippen LogP contribution in [0.4, 0.5) is 5.69 Å². The van der Waals surface area contributed by atoms with Crippen molar-refractivity contribution in [2.45, 2.75) is 20.3 Å². The number of tetrazole rings is 1. The number of anilines is 1. The van der Waals surface area contributed by atoms with Gasteiger partial charge < -0.3 is 10.1 Å². The van der Waals surface area contributed by atoms with Crippen molar-refractivity contribution < 1.29 is 9.53 Å². The van der Waals surface area contributed by atoms with Crippen molar-refractivity contribution in [1.29, 1.82) is 0 Å². The number of nitrogens with one attached hydrogen (secondary N) is 1. The van der Waals surface area contributed by atoms with E-state index in [0.29, 0.717) is 12.3 Å². The lowest BCUT2D eigenvalue weighted by Gasteiger charge is -2.10. The number of carbonyl (C=O) groups excluding carboxylic acids is 1. The van der Waals surface area contributed by atoms with Gasteiger partial charge in [-0.25, -0.2) is 4.68 Å². The lowest BCUT2D eigenvalue weighted by Crippen LogP contribution is -2.15. The number of benzene rings is 2. The summed E-state index contributed by atoms with van der Waals surface area (Å²) in [6.07, 6.45) is 1.79. The fourth-order valence-corrected chi connectivity index (χ4v) is 2.32. The van der Waals surface area contributed by atoms with Crippen LogP contribution in [-0.4, -0.2) is 32.7 Å². The van der Waals surface area contributed by atoms with Gasteiger partial charge in [-0.1, -0.05) is 12.1 Å². The molecule has 128 valence electrons. The molecule has 25 heavy (non-hydrogen) atoms. The van der Waals surface area contributed by atoms with Crippen LogP contribution in [0.5, 0.6) is 5.75 Å². The average Bonchev–Trinajstić information content (AvgIpc) is 3.13. The summed E-state index contributed by atoms with van der Waals surface area (Å²) in [6.45, 7) is 4.33. The van der Waals surface area contributed by atoms with Gasteiger partial charge in [0.15, 0.2) is 0 Å². The molecule has 1 N–H and O–H groups in total. The summed E-state index contributed by atoms with van der Waals surface area (Å²) in [4.78, 5) is 12.0. The van der Waals surface area contributed by atoms with E-state index < -0.39 is 0 Å². The van der Waals surface area contributed by atoms with Crippen molar-refractivity contribution in [3.05, 3.63) is 59.9 Å². The number of amides is 1. The van der Waals surface area contributed by atoms with Crippen molar-refractivity contribution in [1.82, 2.24) is 20.2 Å². The molecule has 0 saturated heterocycles. The molecule has 0 bridgehead atoms. The zero-order valence-electron chi connectivity index (χ0n) is 14.1. The zero-order valence-corrected chi connectivity index (χ0v) is 14.1. The molecule has 0 saturated carbocycles. The highest BCUT2D eigenvalue weighted by atomic mass is 16.5. The molecule has 1 heterocycles. The molecule has 3 aromatic rings. The lowest BCUT2D eigenvalue weighted by atomic mass is 10.1. The Kier molecular flexibility index (Phi) is 5.03. The van der Waals surface area contributed by atoms with Crippen molar-refractivity contribution in [2.24, 2.45) is 0 Å². The first kappa shape index (κ1) is 16.6. The monoisotopic (exact) mass is 337 g/mol. The SMILES string of the molecule is Cc1ccc(C)c(OCCC(=O)Nc2ccc(-n3cnnn3)cc2)c1. The second-order valence-corrected chi connectivity index (χ2v) is 5.72. The molecule has 0 spiro atoms. The maximum Gasteiger partial charge on any atom is 0.227 e. The van der Waals surface area contributed by atoms with E-state index in [0.717, 1.165) is 22.6 Å². The van der Waals surface area contributed by atoms with Gasteiger partial charge in [-0.3, -0.25) is 4.79 Å². The Morgan fingerprint density at radius 3 is 2.68 bits per heavy atom. The fourth-order valence-electron chi connectivity index (χ4n) is 2.32. The van der Waals surface area contributed by atoms with Gasteiger partial charge in [0.1, 0.15) is 12.1 Å². The van der Waals surface area contributed by atoms with Crippen LogP contribution < -0.4 is 10.1 Å². The third-order valence-corrected chi connectivity index (χ3v) is 3.69. The average molecular weight is 337 g/mol. The van der Waals surface area contributed by atoms with E-state index in [1.807, 2.05) is 44.2 Å². The number of hydrogen-bond donors (Lipinski definition) is 1. The van der Waals surface area contributed by atoms with E-state index in [2.05, 4.69) is 20.8 Å². The van der Waals surface area contributed by atoms with Crippen LogP contribution >= 0.6 is 0 Å². The predicted octanol–water partition coefficient (Wildman–Crippen LogP) is 2.69. The molecule has 0 aliphatic heterocycles. The number of rotatable bonds is 6. The van der Waals surface area contributed by atoms with E-state index in [1.165, 1.54) is 6.33 Å².